The summed E-state index contributed by atoms with van der Waals surface area (Å²) < 4.78 is 38.3. The molecule has 0 amide bonds. The van der Waals surface area contributed by atoms with Crippen LogP contribution in [0.3, 0.4) is 0 Å². The average Bonchev–Trinajstić information content (AvgIpc) is 2.87. The van der Waals surface area contributed by atoms with Gasteiger partial charge in [-0.05, 0) is 12.8 Å². The SMILES string of the molecule is O=c1oc(C2CC2)nn1CCS(=O)(=O)F. The van der Waals surface area contributed by atoms with E-state index in [0.29, 0.717) is 5.89 Å². The molecule has 6 nitrogen and oxygen atoms in total. The van der Waals surface area contributed by atoms with Crippen LogP contribution in [0, 0.1) is 0 Å². The van der Waals surface area contributed by atoms with Crippen LogP contribution in [0.1, 0.15) is 24.7 Å². The van der Waals surface area contributed by atoms with Crippen molar-refractivity contribution in [2.75, 3.05) is 5.75 Å². The molecule has 84 valence electrons. The zero-order valence-electron chi connectivity index (χ0n) is 7.72. The van der Waals surface area contributed by atoms with Crippen LogP contribution in [0.4, 0.5) is 3.89 Å². The molecule has 0 atom stereocenters. The molecule has 15 heavy (non-hydrogen) atoms. The van der Waals surface area contributed by atoms with E-state index < -0.39 is 21.7 Å². The van der Waals surface area contributed by atoms with E-state index in [9.17, 15) is 17.1 Å². The normalized spacial score (nSPS) is 16.9. The molecule has 1 heterocycles. The van der Waals surface area contributed by atoms with Gasteiger partial charge in [0, 0.05) is 5.92 Å². The maximum absolute atomic E-state index is 12.2. The van der Waals surface area contributed by atoms with Crippen molar-refractivity contribution in [2.45, 2.75) is 25.3 Å². The lowest BCUT2D eigenvalue weighted by Gasteiger charge is -1.93. The third kappa shape index (κ3) is 2.65. The Kier molecular flexibility index (Phi) is 2.37. The van der Waals surface area contributed by atoms with E-state index in [0.717, 1.165) is 17.5 Å². The Bertz CT molecular complexity index is 513. The minimum Gasteiger partial charge on any atom is -0.392 e. The molecule has 0 unspecified atom stereocenters. The molecule has 0 aromatic carbocycles. The molecule has 0 spiro atoms. The molecular weight excluding hydrogens is 227 g/mol. The van der Waals surface area contributed by atoms with Crippen molar-refractivity contribution in [2.24, 2.45) is 0 Å². The Morgan fingerprint density at radius 2 is 2.20 bits per heavy atom. The molecule has 1 saturated carbocycles. The Labute approximate surface area is 84.9 Å². The van der Waals surface area contributed by atoms with E-state index in [4.69, 9.17) is 4.42 Å². The summed E-state index contributed by atoms with van der Waals surface area (Å²) >= 11 is 0. The molecule has 1 aliphatic rings. The maximum Gasteiger partial charge on any atom is 0.437 e. The van der Waals surface area contributed by atoms with E-state index >= 15 is 0 Å². The standard InChI is InChI=1S/C7H9FN2O4S/c8-15(12,13)4-3-10-7(11)14-6(9-10)5-1-2-5/h5H,1-4H2. The second-order valence-corrected chi connectivity index (χ2v) is 4.93. The number of hydrogen-bond donors (Lipinski definition) is 0. The minimum atomic E-state index is -4.58. The van der Waals surface area contributed by atoms with Crippen LogP contribution in [-0.4, -0.2) is 24.0 Å². The van der Waals surface area contributed by atoms with Crippen molar-refractivity contribution in [3.05, 3.63) is 16.4 Å². The fourth-order valence-corrected chi connectivity index (χ4v) is 1.55. The third-order valence-electron chi connectivity index (χ3n) is 2.10. The van der Waals surface area contributed by atoms with Crippen LogP contribution in [0.15, 0.2) is 9.21 Å². The van der Waals surface area contributed by atoms with Crippen LogP contribution >= 0.6 is 0 Å². The van der Waals surface area contributed by atoms with Crippen LogP contribution in [0.5, 0.6) is 0 Å². The first kappa shape index (κ1) is 10.3. The van der Waals surface area contributed by atoms with E-state index in [1.807, 2.05) is 0 Å². The molecule has 1 aromatic rings. The number of aromatic nitrogens is 2. The predicted molar refractivity (Wildman–Crippen MR) is 47.6 cm³/mol. The van der Waals surface area contributed by atoms with Gasteiger partial charge in [-0.2, -0.15) is 13.1 Å². The highest BCUT2D eigenvalue weighted by molar-refractivity contribution is 7.86. The number of nitrogens with zero attached hydrogens (tertiary/aromatic N) is 2. The van der Waals surface area contributed by atoms with Crippen molar-refractivity contribution >= 4 is 10.2 Å². The van der Waals surface area contributed by atoms with Gasteiger partial charge < -0.3 is 4.42 Å². The molecule has 0 aliphatic heterocycles. The summed E-state index contributed by atoms with van der Waals surface area (Å²) in [5.74, 6) is -1.01. The summed E-state index contributed by atoms with van der Waals surface area (Å²) in [4.78, 5) is 11.1. The fraction of sp³-hybridized carbons (Fsp3) is 0.714. The Balaban J connectivity index is 2.11. The predicted octanol–water partition coefficient (Wildman–Crippen LogP) is 0.0130. The molecule has 0 bridgehead atoms. The van der Waals surface area contributed by atoms with Crippen molar-refractivity contribution in [3.8, 4) is 0 Å². The average molecular weight is 236 g/mol. The third-order valence-corrected chi connectivity index (χ3v) is 2.77. The molecule has 1 fully saturated rings. The number of hydrogen-bond acceptors (Lipinski definition) is 5. The zero-order chi connectivity index (χ0) is 11.1. The first-order valence-corrected chi connectivity index (χ1v) is 6.01. The van der Waals surface area contributed by atoms with Crippen LogP contribution in [-0.2, 0) is 16.8 Å². The lowest BCUT2D eigenvalue weighted by Crippen LogP contribution is -2.20. The lowest BCUT2D eigenvalue weighted by atomic mass is 10.4. The van der Waals surface area contributed by atoms with Crippen molar-refractivity contribution in [1.29, 1.82) is 0 Å². The summed E-state index contributed by atoms with van der Waals surface area (Å²) in [5.41, 5.74) is 0. The Hall–Kier alpha value is -1.18. The van der Waals surface area contributed by atoms with Crippen LogP contribution in [0.25, 0.3) is 0 Å². The van der Waals surface area contributed by atoms with Crippen molar-refractivity contribution < 1.29 is 16.7 Å². The summed E-state index contributed by atoms with van der Waals surface area (Å²) in [6.07, 6.45) is 1.84. The number of rotatable bonds is 4. The smallest absolute Gasteiger partial charge is 0.392 e. The topological polar surface area (TPSA) is 82.2 Å². The van der Waals surface area contributed by atoms with E-state index in [2.05, 4.69) is 5.10 Å². The molecule has 8 heteroatoms. The molecular formula is C7H9FN2O4S. The van der Waals surface area contributed by atoms with Gasteiger partial charge in [-0.3, -0.25) is 0 Å². The van der Waals surface area contributed by atoms with Gasteiger partial charge in [0.05, 0.1) is 12.3 Å². The first-order chi connectivity index (χ1) is 6.96. The van der Waals surface area contributed by atoms with Crippen LogP contribution < -0.4 is 5.76 Å². The Morgan fingerprint density at radius 1 is 1.53 bits per heavy atom. The van der Waals surface area contributed by atoms with Gasteiger partial charge in [-0.1, -0.05) is 0 Å². The zero-order valence-corrected chi connectivity index (χ0v) is 8.54. The molecule has 1 aliphatic carbocycles. The van der Waals surface area contributed by atoms with Gasteiger partial charge in [0.2, 0.25) is 5.89 Å². The first-order valence-electron chi connectivity index (χ1n) is 4.46. The molecule has 0 saturated heterocycles. The lowest BCUT2D eigenvalue weighted by molar-refractivity contribution is 0.449. The largest absolute Gasteiger partial charge is 0.437 e. The van der Waals surface area contributed by atoms with Gasteiger partial charge >= 0.3 is 16.0 Å². The monoisotopic (exact) mass is 236 g/mol. The Morgan fingerprint density at radius 3 is 2.73 bits per heavy atom. The maximum atomic E-state index is 12.2. The number of aryl methyl sites for hydroxylation is 1. The summed E-state index contributed by atoms with van der Waals surface area (Å²) in [5, 5.41) is 3.78. The van der Waals surface area contributed by atoms with Crippen molar-refractivity contribution in [3.63, 3.8) is 0 Å². The van der Waals surface area contributed by atoms with Crippen LogP contribution in [0.2, 0.25) is 0 Å². The second-order valence-electron chi connectivity index (χ2n) is 3.45. The van der Waals surface area contributed by atoms with E-state index in [1.54, 1.807) is 0 Å². The highest BCUT2D eigenvalue weighted by Gasteiger charge is 2.30. The summed E-state index contributed by atoms with van der Waals surface area (Å²) in [7, 11) is -4.58. The number of halogens is 1. The van der Waals surface area contributed by atoms with Gasteiger partial charge in [0.15, 0.2) is 0 Å². The molecule has 1 aromatic heterocycles. The molecule has 2 rings (SSSR count). The fourth-order valence-electron chi connectivity index (χ4n) is 1.15. The van der Waals surface area contributed by atoms with E-state index in [-0.39, 0.29) is 12.5 Å². The van der Waals surface area contributed by atoms with Gasteiger partial charge in [0.1, 0.15) is 0 Å². The highest BCUT2D eigenvalue weighted by atomic mass is 32.3. The van der Waals surface area contributed by atoms with E-state index in [1.165, 1.54) is 0 Å². The highest BCUT2D eigenvalue weighted by Crippen LogP contribution is 2.38. The quantitative estimate of drug-likeness (QED) is 0.688. The minimum absolute atomic E-state index is 0.168. The second kappa shape index (κ2) is 3.44. The summed E-state index contributed by atoms with van der Waals surface area (Å²) in [6, 6.07) is 0. The molecule has 0 N–H and O–H groups in total. The van der Waals surface area contributed by atoms with Crippen molar-refractivity contribution in [1.82, 2.24) is 9.78 Å². The molecule has 0 radical (unpaired) electrons. The summed E-state index contributed by atoms with van der Waals surface area (Å²) in [6.45, 7) is -0.312. The van der Waals surface area contributed by atoms with Gasteiger partial charge in [-0.25, -0.2) is 4.79 Å². The van der Waals surface area contributed by atoms with Gasteiger partial charge in [-0.15, -0.1) is 8.98 Å². The van der Waals surface area contributed by atoms with Gasteiger partial charge in [0.25, 0.3) is 0 Å².